The number of carbonyl (C=O) groups excluding carboxylic acids is 3. The van der Waals surface area contributed by atoms with Crippen molar-refractivity contribution in [2.24, 2.45) is 0 Å². The number of rotatable bonds is 58. The first kappa shape index (κ1) is 68.6. The molecule has 0 N–H and O–H groups in total. The van der Waals surface area contributed by atoms with Crippen LogP contribution < -0.4 is 0 Å². The van der Waals surface area contributed by atoms with E-state index in [4.69, 9.17) is 14.2 Å². The molecule has 6 heteroatoms. The average molecular weight is 998 g/mol. The van der Waals surface area contributed by atoms with Crippen molar-refractivity contribution in [2.75, 3.05) is 13.2 Å². The van der Waals surface area contributed by atoms with Crippen LogP contribution in [0.4, 0.5) is 0 Å². The highest BCUT2D eigenvalue weighted by Crippen LogP contribution is 2.17. The molecule has 0 saturated heterocycles. The standard InChI is InChI=1S/C65H120O6/c1-4-7-10-13-16-19-21-23-25-26-27-28-29-30-31-32-33-34-35-36-37-38-40-41-43-46-49-52-55-58-64(67)70-61-62(60-69-63(66)57-54-51-48-45-18-15-12-9-6-3)71-65(68)59-56-53-50-47-44-42-39-24-22-20-17-14-11-8-5-2/h21,23-24,26-27,39,62H,4-20,22,25,28-38,40-61H2,1-3H3/b23-21-,27-26-,39-24-. The van der Waals surface area contributed by atoms with Gasteiger partial charge in [-0.25, -0.2) is 0 Å². The fraction of sp³-hybridized carbons (Fsp3) is 0.862. The molecule has 0 spiro atoms. The summed E-state index contributed by atoms with van der Waals surface area (Å²) in [4.78, 5) is 38.1. The summed E-state index contributed by atoms with van der Waals surface area (Å²) in [7, 11) is 0. The van der Waals surface area contributed by atoms with Crippen molar-refractivity contribution < 1.29 is 28.6 Å². The fourth-order valence-electron chi connectivity index (χ4n) is 9.35. The normalized spacial score (nSPS) is 12.2. The van der Waals surface area contributed by atoms with Gasteiger partial charge < -0.3 is 14.2 Å². The molecule has 0 aliphatic heterocycles. The molecule has 0 aliphatic rings. The topological polar surface area (TPSA) is 78.9 Å². The lowest BCUT2D eigenvalue weighted by molar-refractivity contribution is -0.167. The zero-order chi connectivity index (χ0) is 51.4. The zero-order valence-corrected chi connectivity index (χ0v) is 47.8. The van der Waals surface area contributed by atoms with E-state index < -0.39 is 6.10 Å². The molecule has 1 atom stereocenters. The maximum absolute atomic E-state index is 12.8. The van der Waals surface area contributed by atoms with Crippen LogP contribution in [-0.2, 0) is 28.6 Å². The lowest BCUT2D eigenvalue weighted by Crippen LogP contribution is -2.30. The zero-order valence-electron chi connectivity index (χ0n) is 47.8. The third kappa shape index (κ3) is 58.4. The van der Waals surface area contributed by atoms with Gasteiger partial charge in [0.25, 0.3) is 0 Å². The Morgan fingerprint density at radius 2 is 0.507 bits per heavy atom. The molecule has 0 aromatic rings. The van der Waals surface area contributed by atoms with Crippen LogP contribution in [0.1, 0.15) is 342 Å². The highest BCUT2D eigenvalue weighted by Gasteiger charge is 2.19. The van der Waals surface area contributed by atoms with Gasteiger partial charge in [-0.05, 0) is 77.0 Å². The van der Waals surface area contributed by atoms with Crippen molar-refractivity contribution in [1.82, 2.24) is 0 Å². The number of ether oxygens (including phenoxy) is 3. The molecule has 0 radical (unpaired) electrons. The third-order valence-electron chi connectivity index (χ3n) is 14.1. The number of unbranched alkanes of at least 4 members (excludes halogenated alkanes) is 41. The molecule has 0 heterocycles. The van der Waals surface area contributed by atoms with Crippen molar-refractivity contribution in [3.63, 3.8) is 0 Å². The minimum atomic E-state index is -0.771. The van der Waals surface area contributed by atoms with E-state index in [9.17, 15) is 14.4 Å². The Labute approximate surface area is 442 Å². The summed E-state index contributed by atoms with van der Waals surface area (Å²) in [5.41, 5.74) is 0. The summed E-state index contributed by atoms with van der Waals surface area (Å²) < 4.78 is 16.9. The van der Waals surface area contributed by atoms with E-state index in [1.165, 1.54) is 231 Å². The Morgan fingerprint density at radius 3 is 0.789 bits per heavy atom. The SMILES string of the molecule is CCCCCCC/C=C\C/C=C\CCCCCCCCCCCCCCCCCCCC(=O)OCC(COC(=O)CCCCCCCCCCC)OC(=O)CCCCCCC/C=C\CCCCCCCC. The molecular weight excluding hydrogens is 877 g/mol. The first-order valence-corrected chi connectivity index (χ1v) is 31.5. The Kier molecular flexibility index (Phi) is 58.2. The van der Waals surface area contributed by atoms with Crippen LogP contribution in [0.15, 0.2) is 36.5 Å². The largest absolute Gasteiger partial charge is 0.462 e. The maximum atomic E-state index is 12.8. The predicted molar refractivity (Wildman–Crippen MR) is 307 cm³/mol. The third-order valence-corrected chi connectivity index (χ3v) is 14.1. The van der Waals surface area contributed by atoms with Crippen LogP contribution in [0.5, 0.6) is 0 Å². The van der Waals surface area contributed by atoms with Gasteiger partial charge in [0, 0.05) is 19.3 Å². The molecule has 0 aromatic heterocycles. The van der Waals surface area contributed by atoms with Crippen LogP contribution in [0.3, 0.4) is 0 Å². The number of hydrogen-bond acceptors (Lipinski definition) is 6. The number of esters is 3. The average Bonchev–Trinajstić information content (AvgIpc) is 3.37. The van der Waals surface area contributed by atoms with Gasteiger partial charge in [-0.1, -0.05) is 282 Å². The van der Waals surface area contributed by atoms with E-state index in [1.807, 2.05) is 0 Å². The lowest BCUT2D eigenvalue weighted by atomic mass is 10.0. The van der Waals surface area contributed by atoms with Crippen molar-refractivity contribution in [1.29, 1.82) is 0 Å². The van der Waals surface area contributed by atoms with E-state index in [1.54, 1.807) is 0 Å². The molecule has 71 heavy (non-hydrogen) atoms. The van der Waals surface area contributed by atoms with Crippen LogP contribution in [-0.4, -0.2) is 37.2 Å². The van der Waals surface area contributed by atoms with Crippen molar-refractivity contribution in [3.8, 4) is 0 Å². The van der Waals surface area contributed by atoms with E-state index in [2.05, 4.69) is 57.2 Å². The molecule has 0 amide bonds. The molecule has 0 saturated carbocycles. The Hall–Kier alpha value is -2.37. The van der Waals surface area contributed by atoms with E-state index in [0.29, 0.717) is 19.3 Å². The summed E-state index contributed by atoms with van der Waals surface area (Å²) >= 11 is 0. The Bertz CT molecular complexity index is 1190. The van der Waals surface area contributed by atoms with Gasteiger partial charge in [0.1, 0.15) is 13.2 Å². The second kappa shape index (κ2) is 60.2. The fourth-order valence-corrected chi connectivity index (χ4v) is 9.35. The minimum Gasteiger partial charge on any atom is -0.462 e. The van der Waals surface area contributed by atoms with Crippen molar-refractivity contribution in [2.45, 2.75) is 348 Å². The molecule has 0 aliphatic carbocycles. The monoisotopic (exact) mass is 997 g/mol. The van der Waals surface area contributed by atoms with Crippen LogP contribution >= 0.6 is 0 Å². The summed E-state index contributed by atoms with van der Waals surface area (Å²) in [6, 6.07) is 0. The summed E-state index contributed by atoms with van der Waals surface area (Å²) in [5.74, 6) is -0.863. The summed E-state index contributed by atoms with van der Waals surface area (Å²) in [6.45, 7) is 6.64. The molecule has 0 fully saturated rings. The van der Waals surface area contributed by atoms with Gasteiger partial charge in [-0.15, -0.1) is 0 Å². The molecule has 0 bridgehead atoms. The molecular formula is C65H120O6. The second-order valence-corrected chi connectivity index (χ2v) is 21.3. The predicted octanol–water partition coefficient (Wildman–Crippen LogP) is 21.2. The quantitative estimate of drug-likeness (QED) is 0.0261. The number of allylic oxidation sites excluding steroid dienone is 6. The second-order valence-electron chi connectivity index (χ2n) is 21.3. The number of carbonyl (C=O) groups is 3. The summed E-state index contributed by atoms with van der Waals surface area (Å²) in [6.07, 6.45) is 73.1. The van der Waals surface area contributed by atoms with Gasteiger partial charge in [-0.2, -0.15) is 0 Å². The first-order chi connectivity index (χ1) is 35.0. The lowest BCUT2D eigenvalue weighted by Gasteiger charge is -2.18. The van der Waals surface area contributed by atoms with Gasteiger partial charge in [0.2, 0.25) is 0 Å². The summed E-state index contributed by atoms with van der Waals surface area (Å²) in [5, 5.41) is 0. The van der Waals surface area contributed by atoms with Crippen molar-refractivity contribution in [3.05, 3.63) is 36.5 Å². The first-order valence-electron chi connectivity index (χ1n) is 31.5. The van der Waals surface area contributed by atoms with Gasteiger partial charge in [0.15, 0.2) is 6.10 Å². The van der Waals surface area contributed by atoms with E-state index in [-0.39, 0.29) is 31.1 Å². The molecule has 0 rings (SSSR count). The van der Waals surface area contributed by atoms with Gasteiger partial charge in [0.05, 0.1) is 0 Å². The van der Waals surface area contributed by atoms with Crippen molar-refractivity contribution >= 4 is 17.9 Å². The van der Waals surface area contributed by atoms with Crippen LogP contribution in [0.25, 0.3) is 0 Å². The smallest absolute Gasteiger partial charge is 0.306 e. The Balaban J connectivity index is 4.09. The van der Waals surface area contributed by atoms with Gasteiger partial charge in [-0.3, -0.25) is 14.4 Å². The van der Waals surface area contributed by atoms with Crippen LogP contribution in [0.2, 0.25) is 0 Å². The highest BCUT2D eigenvalue weighted by molar-refractivity contribution is 5.71. The van der Waals surface area contributed by atoms with E-state index >= 15 is 0 Å². The minimum absolute atomic E-state index is 0.0709. The van der Waals surface area contributed by atoms with Gasteiger partial charge >= 0.3 is 17.9 Å². The number of hydrogen-bond donors (Lipinski definition) is 0. The molecule has 0 aromatic carbocycles. The highest BCUT2D eigenvalue weighted by atomic mass is 16.6. The molecule has 6 nitrogen and oxygen atoms in total. The Morgan fingerprint density at radius 1 is 0.282 bits per heavy atom. The molecule has 1 unspecified atom stereocenters. The molecule has 416 valence electrons. The van der Waals surface area contributed by atoms with Crippen LogP contribution in [0, 0.1) is 0 Å². The van der Waals surface area contributed by atoms with E-state index in [0.717, 1.165) is 70.6 Å². The maximum Gasteiger partial charge on any atom is 0.306 e.